The monoisotopic (exact) mass is 478 g/mol. The van der Waals surface area contributed by atoms with Crippen molar-refractivity contribution in [3.63, 3.8) is 0 Å². The highest BCUT2D eigenvalue weighted by atomic mass is 79.9. The number of nitrogens with zero attached hydrogens (tertiary/aromatic N) is 2. The van der Waals surface area contributed by atoms with Crippen LogP contribution in [0, 0.1) is 0 Å². The first-order valence-electron chi connectivity index (χ1n) is 8.27. The van der Waals surface area contributed by atoms with Gasteiger partial charge in [0.15, 0.2) is 10.9 Å². The van der Waals surface area contributed by atoms with Crippen LogP contribution in [0.25, 0.3) is 6.08 Å². The van der Waals surface area contributed by atoms with Gasteiger partial charge in [-0.15, -0.1) is 0 Å². The molecule has 2 amide bonds. The van der Waals surface area contributed by atoms with Gasteiger partial charge >= 0.3 is 0 Å². The molecule has 1 heterocycles. The van der Waals surface area contributed by atoms with Gasteiger partial charge in [0.25, 0.3) is 11.8 Å². The van der Waals surface area contributed by atoms with E-state index in [0.29, 0.717) is 27.4 Å². The maximum Gasteiger partial charge on any atom is 0.265 e. The molecular weight excluding hydrogens is 464 g/mol. The maximum atomic E-state index is 12.4. The second-order valence-electron chi connectivity index (χ2n) is 6.16. The Bertz CT molecular complexity index is 945. The highest BCUT2D eigenvalue weighted by Crippen LogP contribution is 2.36. The third kappa shape index (κ3) is 4.11. The van der Waals surface area contributed by atoms with Gasteiger partial charge in [-0.3, -0.25) is 19.4 Å². The van der Waals surface area contributed by atoms with Crippen molar-refractivity contribution in [3.8, 4) is 5.75 Å². The van der Waals surface area contributed by atoms with E-state index in [9.17, 15) is 9.59 Å². The highest BCUT2D eigenvalue weighted by molar-refractivity contribution is 9.10. The van der Waals surface area contributed by atoms with E-state index < -0.39 is 11.8 Å². The van der Waals surface area contributed by atoms with Crippen LogP contribution >= 0.6 is 39.7 Å². The van der Waals surface area contributed by atoms with Gasteiger partial charge < -0.3 is 4.74 Å². The predicted octanol–water partition coefficient (Wildman–Crippen LogP) is 4.28. The van der Waals surface area contributed by atoms with E-state index in [-0.39, 0.29) is 10.7 Å². The van der Waals surface area contributed by atoms with Gasteiger partial charge in [0.2, 0.25) is 0 Å². The molecule has 0 N–H and O–H groups in total. The molecule has 0 aliphatic carbocycles. The van der Waals surface area contributed by atoms with Crippen molar-refractivity contribution in [2.75, 3.05) is 14.1 Å². The van der Waals surface area contributed by atoms with Crippen LogP contribution in [-0.2, 0) is 16.2 Å². The molecule has 2 aromatic carbocycles. The molecule has 0 saturated carbocycles. The number of benzene rings is 2. The number of hydrogen-bond acceptors (Lipinski definition) is 4. The highest BCUT2D eigenvalue weighted by Gasteiger charge is 2.35. The third-order valence-corrected chi connectivity index (χ3v) is 5.62. The smallest absolute Gasteiger partial charge is 0.265 e. The molecule has 0 spiro atoms. The maximum absolute atomic E-state index is 12.4. The summed E-state index contributed by atoms with van der Waals surface area (Å²) in [6.07, 6.45) is 1.50. The summed E-state index contributed by atoms with van der Waals surface area (Å²) in [6.45, 7) is 0.365. The molecule has 8 heteroatoms. The van der Waals surface area contributed by atoms with Crippen LogP contribution in [0.5, 0.6) is 5.75 Å². The SMILES string of the molecule is CN1C(=O)C(=Cc2cc(Cl)c(OCc3ccccc3)c(Br)c2)C(=O)N(C)C1=S. The predicted molar refractivity (Wildman–Crippen MR) is 116 cm³/mol. The second-order valence-corrected chi connectivity index (χ2v) is 7.78. The molecule has 28 heavy (non-hydrogen) atoms. The van der Waals surface area contributed by atoms with E-state index in [4.69, 9.17) is 28.6 Å². The normalized spacial score (nSPS) is 14.6. The molecule has 0 aromatic heterocycles. The van der Waals surface area contributed by atoms with Crippen molar-refractivity contribution in [2.45, 2.75) is 6.61 Å². The average molecular weight is 480 g/mol. The summed E-state index contributed by atoms with van der Waals surface area (Å²) in [4.78, 5) is 27.4. The van der Waals surface area contributed by atoms with E-state index in [1.165, 1.54) is 30.0 Å². The van der Waals surface area contributed by atoms with Gasteiger partial charge in [0.05, 0.1) is 9.50 Å². The third-order valence-electron chi connectivity index (χ3n) is 4.20. The lowest BCUT2D eigenvalue weighted by atomic mass is 10.1. The van der Waals surface area contributed by atoms with Crippen LogP contribution in [0.15, 0.2) is 52.5 Å². The number of thiocarbonyl (C=S) groups is 1. The van der Waals surface area contributed by atoms with Crippen molar-refractivity contribution in [2.24, 2.45) is 0 Å². The van der Waals surface area contributed by atoms with Crippen LogP contribution in [0.3, 0.4) is 0 Å². The Morgan fingerprint density at radius 3 is 2.29 bits per heavy atom. The lowest BCUT2D eigenvalue weighted by Crippen LogP contribution is -2.52. The first-order valence-corrected chi connectivity index (χ1v) is 9.85. The largest absolute Gasteiger partial charge is 0.486 e. The average Bonchev–Trinajstić information content (AvgIpc) is 2.68. The number of likely N-dealkylation sites (N-methyl/N-ethyl adjacent to an activating group) is 2. The van der Waals surface area contributed by atoms with Gasteiger partial charge in [-0.2, -0.15) is 0 Å². The summed E-state index contributed by atoms with van der Waals surface area (Å²) < 4.78 is 6.44. The van der Waals surface area contributed by atoms with Crippen molar-refractivity contribution in [1.29, 1.82) is 0 Å². The number of ether oxygens (including phenoxy) is 1. The van der Waals surface area contributed by atoms with E-state index in [2.05, 4.69) is 15.9 Å². The van der Waals surface area contributed by atoms with Crippen molar-refractivity contribution in [1.82, 2.24) is 9.80 Å². The molecule has 0 radical (unpaired) electrons. The number of carbonyl (C=O) groups is 2. The van der Waals surface area contributed by atoms with Crippen molar-refractivity contribution in [3.05, 3.63) is 68.7 Å². The lowest BCUT2D eigenvalue weighted by molar-refractivity contribution is -0.132. The molecule has 1 saturated heterocycles. The fraction of sp³-hybridized carbons (Fsp3) is 0.150. The number of carbonyl (C=O) groups excluding carboxylic acids is 2. The first-order chi connectivity index (χ1) is 13.3. The Morgan fingerprint density at radius 2 is 1.71 bits per heavy atom. The Kier molecular flexibility index (Phi) is 6.17. The Hall–Kier alpha value is -2.22. The topological polar surface area (TPSA) is 49.9 Å². The van der Waals surface area contributed by atoms with E-state index in [1.54, 1.807) is 12.1 Å². The van der Waals surface area contributed by atoms with Gasteiger partial charge in [0.1, 0.15) is 12.2 Å². The molecule has 3 rings (SSSR count). The molecule has 1 fully saturated rings. The van der Waals surface area contributed by atoms with Gasteiger partial charge in [0, 0.05) is 14.1 Å². The Balaban J connectivity index is 1.88. The Labute approximate surface area is 181 Å². The zero-order valence-corrected chi connectivity index (χ0v) is 18.3. The van der Waals surface area contributed by atoms with Crippen LogP contribution in [0.4, 0.5) is 0 Å². The summed E-state index contributed by atoms with van der Waals surface area (Å²) in [7, 11) is 3.07. The minimum atomic E-state index is -0.454. The molecule has 2 aromatic rings. The van der Waals surface area contributed by atoms with Crippen molar-refractivity contribution >= 4 is 62.8 Å². The van der Waals surface area contributed by atoms with Crippen LogP contribution in [0.2, 0.25) is 5.02 Å². The van der Waals surface area contributed by atoms with E-state index in [1.807, 2.05) is 30.3 Å². The van der Waals surface area contributed by atoms with Crippen LogP contribution < -0.4 is 4.74 Å². The number of rotatable bonds is 4. The van der Waals surface area contributed by atoms with Crippen LogP contribution in [-0.4, -0.2) is 40.8 Å². The molecule has 0 atom stereocenters. The fourth-order valence-electron chi connectivity index (χ4n) is 2.67. The second kappa shape index (κ2) is 8.43. The lowest BCUT2D eigenvalue weighted by Gasteiger charge is -2.31. The molecule has 0 bridgehead atoms. The summed E-state index contributed by atoms with van der Waals surface area (Å²) in [5.41, 5.74) is 1.62. The van der Waals surface area contributed by atoms with Gasteiger partial charge in [-0.05, 0) is 57.5 Å². The van der Waals surface area contributed by atoms with Crippen molar-refractivity contribution < 1.29 is 14.3 Å². The van der Waals surface area contributed by atoms with Gasteiger partial charge in [-0.1, -0.05) is 41.9 Å². The zero-order chi connectivity index (χ0) is 20.4. The first kappa shape index (κ1) is 20.5. The van der Waals surface area contributed by atoms with E-state index >= 15 is 0 Å². The molecule has 5 nitrogen and oxygen atoms in total. The van der Waals surface area contributed by atoms with E-state index in [0.717, 1.165) is 5.56 Å². The number of halogens is 2. The fourth-order valence-corrected chi connectivity index (χ4v) is 3.83. The molecule has 0 unspecified atom stereocenters. The zero-order valence-electron chi connectivity index (χ0n) is 15.1. The Morgan fingerprint density at radius 1 is 1.11 bits per heavy atom. The molecule has 1 aliphatic rings. The summed E-state index contributed by atoms with van der Waals surface area (Å²) in [5.74, 6) is -0.418. The number of amides is 2. The molecule has 144 valence electrons. The molecular formula is C20H16BrClN2O3S. The minimum Gasteiger partial charge on any atom is -0.486 e. The summed E-state index contributed by atoms with van der Waals surface area (Å²) in [5, 5.41) is 0.529. The number of hydrogen-bond donors (Lipinski definition) is 0. The minimum absolute atomic E-state index is 0.0134. The quantitative estimate of drug-likeness (QED) is 0.373. The molecule has 1 aliphatic heterocycles. The van der Waals surface area contributed by atoms with Gasteiger partial charge in [-0.25, -0.2) is 0 Å². The summed E-state index contributed by atoms with van der Waals surface area (Å²) >= 11 is 14.9. The summed E-state index contributed by atoms with van der Waals surface area (Å²) in [6, 6.07) is 13.1. The standard InChI is InChI=1S/C20H16BrClN2O3S/c1-23-18(25)14(19(26)24(2)20(23)28)8-13-9-15(21)17(16(22)10-13)27-11-12-6-4-3-5-7-12/h3-10H,11H2,1-2H3. The van der Waals surface area contributed by atoms with Crippen LogP contribution in [0.1, 0.15) is 11.1 Å².